The molecule has 4 N–H and O–H groups in total. The molecule has 0 unspecified atom stereocenters. The summed E-state index contributed by atoms with van der Waals surface area (Å²) >= 11 is 0. The Morgan fingerprint density at radius 1 is 1.03 bits per heavy atom. The van der Waals surface area contributed by atoms with E-state index in [9.17, 15) is 9.90 Å². The Hall–Kier alpha value is -2.07. The summed E-state index contributed by atoms with van der Waals surface area (Å²) in [6.07, 6.45) is 24.7. The Kier molecular flexibility index (Phi) is 13.5. The largest absolute Gasteiger partial charge is 0.508 e. The molecule has 0 bridgehead atoms. The molecule has 0 heterocycles. The Labute approximate surface area is 231 Å². The van der Waals surface area contributed by atoms with Crippen molar-refractivity contribution in [1.29, 1.82) is 0 Å². The van der Waals surface area contributed by atoms with E-state index < -0.39 is 5.97 Å². The molecule has 0 radical (unpaired) electrons. The van der Waals surface area contributed by atoms with Crippen LogP contribution in [-0.2, 0) is 11.2 Å². The first-order chi connectivity index (χ1) is 18.5. The number of carbonyl (C=O) groups is 1. The van der Waals surface area contributed by atoms with Crippen molar-refractivity contribution in [2.45, 2.75) is 128 Å². The molecule has 1 aromatic rings. The van der Waals surface area contributed by atoms with E-state index in [2.05, 4.69) is 31.2 Å². The van der Waals surface area contributed by atoms with E-state index in [0.29, 0.717) is 24.0 Å². The van der Waals surface area contributed by atoms with E-state index in [1.54, 1.807) is 5.57 Å². The first kappa shape index (κ1) is 30.5. The number of aliphatic carboxylic acids is 1. The lowest BCUT2D eigenvalue weighted by atomic mass is 9.71. The van der Waals surface area contributed by atoms with E-state index in [4.69, 9.17) is 10.8 Å². The standard InChI is InChI=1S/C34H53NO3/c1-2-3-6-13-31-25-30(18-20-33(31)36)32-19-17-27(11-9-14-34(37)38)24-29(32)12-8-5-4-7-10-26-15-16-28(23-26)21-22-35/h11,18,20,23,25-26,29,32,36H,2-10,12-17,19,21-22,24,35H2,1H3,(H,37,38)/t26-,29-,32+/m1/s1. The van der Waals surface area contributed by atoms with Crippen molar-refractivity contribution in [3.05, 3.63) is 52.6 Å². The third kappa shape index (κ3) is 10.2. The number of phenols is 1. The molecule has 212 valence electrons. The molecule has 3 rings (SSSR count). The molecule has 0 spiro atoms. The summed E-state index contributed by atoms with van der Waals surface area (Å²) in [7, 11) is 0. The van der Waals surface area contributed by atoms with Crippen LogP contribution in [0.2, 0.25) is 0 Å². The topological polar surface area (TPSA) is 83.5 Å². The Bertz CT molecular complexity index is 918. The van der Waals surface area contributed by atoms with E-state index >= 15 is 0 Å². The zero-order chi connectivity index (χ0) is 27.2. The quantitative estimate of drug-likeness (QED) is 0.141. The number of hydrogen-bond acceptors (Lipinski definition) is 3. The fraction of sp³-hybridized carbons (Fsp3) is 0.676. The van der Waals surface area contributed by atoms with E-state index in [-0.39, 0.29) is 6.42 Å². The fourth-order valence-corrected chi connectivity index (χ4v) is 6.75. The smallest absolute Gasteiger partial charge is 0.303 e. The van der Waals surface area contributed by atoms with Crippen LogP contribution in [-0.4, -0.2) is 22.7 Å². The van der Waals surface area contributed by atoms with Gasteiger partial charge in [0.25, 0.3) is 0 Å². The molecule has 0 aromatic heterocycles. The van der Waals surface area contributed by atoms with Crippen LogP contribution in [0.25, 0.3) is 0 Å². The van der Waals surface area contributed by atoms with Crippen LogP contribution >= 0.6 is 0 Å². The number of carboxylic acids is 1. The molecule has 0 amide bonds. The van der Waals surface area contributed by atoms with Gasteiger partial charge in [0, 0.05) is 6.42 Å². The van der Waals surface area contributed by atoms with Crippen molar-refractivity contribution in [1.82, 2.24) is 0 Å². The number of aryl methyl sites for hydroxylation is 1. The second kappa shape index (κ2) is 16.8. The number of nitrogens with two attached hydrogens (primary N) is 1. The van der Waals surface area contributed by atoms with Gasteiger partial charge in [0.1, 0.15) is 5.75 Å². The molecule has 1 fully saturated rings. The molecular weight excluding hydrogens is 470 g/mol. The van der Waals surface area contributed by atoms with Gasteiger partial charge in [-0.25, -0.2) is 0 Å². The van der Waals surface area contributed by atoms with Crippen molar-refractivity contribution in [3.63, 3.8) is 0 Å². The van der Waals surface area contributed by atoms with E-state index in [0.717, 1.165) is 56.6 Å². The zero-order valence-electron chi connectivity index (χ0n) is 23.9. The highest BCUT2D eigenvalue weighted by molar-refractivity contribution is 5.66. The number of carboxylic acid groups (broad SMARTS) is 1. The molecular formula is C34H53NO3. The molecule has 38 heavy (non-hydrogen) atoms. The first-order valence-corrected chi connectivity index (χ1v) is 15.6. The maximum Gasteiger partial charge on any atom is 0.303 e. The lowest BCUT2D eigenvalue weighted by Gasteiger charge is -2.34. The van der Waals surface area contributed by atoms with E-state index in [1.165, 1.54) is 75.3 Å². The summed E-state index contributed by atoms with van der Waals surface area (Å²) in [6, 6.07) is 6.36. The molecule has 0 aliphatic heterocycles. The SMILES string of the molecule is CCCCCc1cc([C@H]2CCC(=CCCC(=O)O)C[C@H]2CCCCCC[C@H]2C=C(CCN)CC2)ccc1O. The van der Waals surface area contributed by atoms with Gasteiger partial charge in [0.15, 0.2) is 0 Å². The van der Waals surface area contributed by atoms with Crippen LogP contribution in [0, 0.1) is 11.8 Å². The fourth-order valence-electron chi connectivity index (χ4n) is 6.75. The van der Waals surface area contributed by atoms with Crippen LogP contribution < -0.4 is 5.73 Å². The van der Waals surface area contributed by atoms with Gasteiger partial charge in [-0.05, 0) is 112 Å². The molecule has 3 atom stereocenters. The Morgan fingerprint density at radius 2 is 1.84 bits per heavy atom. The lowest BCUT2D eigenvalue weighted by Crippen LogP contribution is -2.19. The molecule has 4 heteroatoms. The molecule has 1 aromatic carbocycles. The van der Waals surface area contributed by atoms with Gasteiger partial charge in [-0.1, -0.05) is 80.9 Å². The summed E-state index contributed by atoms with van der Waals surface area (Å²) in [6.45, 7) is 3.00. The number of aromatic hydroxyl groups is 1. The first-order valence-electron chi connectivity index (χ1n) is 15.6. The van der Waals surface area contributed by atoms with Crippen LogP contribution in [0.15, 0.2) is 41.5 Å². The van der Waals surface area contributed by atoms with Crippen molar-refractivity contribution < 1.29 is 15.0 Å². The minimum absolute atomic E-state index is 0.223. The third-order valence-electron chi connectivity index (χ3n) is 8.92. The summed E-state index contributed by atoms with van der Waals surface area (Å²) in [5, 5.41) is 19.5. The van der Waals surface area contributed by atoms with Crippen LogP contribution in [0.3, 0.4) is 0 Å². The summed E-state index contributed by atoms with van der Waals surface area (Å²) in [4.78, 5) is 11.0. The lowest BCUT2D eigenvalue weighted by molar-refractivity contribution is -0.136. The number of unbranched alkanes of at least 4 members (excludes halogenated alkanes) is 5. The highest BCUT2D eigenvalue weighted by Crippen LogP contribution is 2.44. The number of allylic oxidation sites excluding steroid dienone is 3. The van der Waals surface area contributed by atoms with Gasteiger partial charge in [-0.15, -0.1) is 0 Å². The second-order valence-electron chi connectivity index (χ2n) is 11.9. The molecule has 1 saturated carbocycles. The number of benzene rings is 1. The van der Waals surface area contributed by atoms with Gasteiger partial charge < -0.3 is 15.9 Å². The van der Waals surface area contributed by atoms with Crippen LogP contribution in [0.4, 0.5) is 0 Å². The predicted octanol–water partition coefficient (Wildman–Crippen LogP) is 8.83. The zero-order valence-corrected chi connectivity index (χ0v) is 23.9. The van der Waals surface area contributed by atoms with Gasteiger partial charge in [-0.3, -0.25) is 4.79 Å². The van der Waals surface area contributed by atoms with E-state index in [1.807, 2.05) is 6.07 Å². The minimum Gasteiger partial charge on any atom is -0.508 e. The maximum absolute atomic E-state index is 11.0. The summed E-state index contributed by atoms with van der Waals surface area (Å²) in [5.41, 5.74) is 11.3. The van der Waals surface area contributed by atoms with Gasteiger partial charge in [-0.2, -0.15) is 0 Å². The number of phenolic OH excluding ortho intramolecular Hbond substituents is 1. The summed E-state index contributed by atoms with van der Waals surface area (Å²) in [5.74, 6) is 1.64. The Morgan fingerprint density at radius 3 is 2.61 bits per heavy atom. The second-order valence-corrected chi connectivity index (χ2v) is 11.9. The number of hydrogen-bond donors (Lipinski definition) is 3. The van der Waals surface area contributed by atoms with Gasteiger partial charge in [0.2, 0.25) is 0 Å². The van der Waals surface area contributed by atoms with Crippen molar-refractivity contribution >= 4 is 5.97 Å². The van der Waals surface area contributed by atoms with Crippen molar-refractivity contribution in [2.24, 2.45) is 17.6 Å². The molecule has 2 aliphatic rings. The minimum atomic E-state index is -0.713. The van der Waals surface area contributed by atoms with Crippen LogP contribution in [0.1, 0.15) is 133 Å². The third-order valence-corrected chi connectivity index (χ3v) is 8.92. The molecule has 4 nitrogen and oxygen atoms in total. The highest BCUT2D eigenvalue weighted by Gasteiger charge is 2.29. The molecule has 0 saturated heterocycles. The highest BCUT2D eigenvalue weighted by atomic mass is 16.4. The average Bonchev–Trinajstić information content (AvgIpc) is 3.35. The maximum atomic E-state index is 11.0. The van der Waals surface area contributed by atoms with Crippen molar-refractivity contribution in [3.8, 4) is 5.75 Å². The van der Waals surface area contributed by atoms with Crippen LogP contribution in [0.5, 0.6) is 5.75 Å². The summed E-state index contributed by atoms with van der Waals surface area (Å²) < 4.78 is 0. The number of rotatable bonds is 17. The van der Waals surface area contributed by atoms with Gasteiger partial charge in [0.05, 0.1) is 0 Å². The molecule has 2 aliphatic carbocycles. The normalized spacial score (nSPS) is 22.6. The van der Waals surface area contributed by atoms with Gasteiger partial charge >= 0.3 is 5.97 Å². The average molecular weight is 524 g/mol. The Balaban J connectivity index is 1.55. The monoisotopic (exact) mass is 523 g/mol. The predicted molar refractivity (Wildman–Crippen MR) is 159 cm³/mol. The van der Waals surface area contributed by atoms with Crippen molar-refractivity contribution in [2.75, 3.05) is 6.54 Å².